The number of hydrogen-bond acceptors (Lipinski definition) is 9. The van der Waals surface area contributed by atoms with Crippen molar-refractivity contribution in [2.75, 3.05) is 44.7 Å². The average Bonchev–Trinajstić information content (AvgIpc) is 3.60. The molecule has 0 radical (unpaired) electrons. The van der Waals surface area contributed by atoms with Gasteiger partial charge in [-0.2, -0.15) is 15.2 Å². The minimum Gasteiger partial charge on any atom is -0.462 e. The lowest BCUT2D eigenvalue weighted by Gasteiger charge is -2.41. The number of nitrogens with zero attached hydrogens (tertiary/aromatic N) is 8. The number of carbonyl (C=O) groups excluding carboxylic acids is 1. The molecule has 2 fully saturated rings. The number of likely N-dealkylation sites (tertiary alicyclic amines) is 1. The number of ether oxygens (including phenoxy) is 1. The summed E-state index contributed by atoms with van der Waals surface area (Å²) in [5.41, 5.74) is 4.09. The van der Waals surface area contributed by atoms with Crippen LogP contribution >= 0.6 is 0 Å². The first-order chi connectivity index (χ1) is 20.4. The van der Waals surface area contributed by atoms with Gasteiger partial charge in [0, 0.05) is 62.5 Å². The summed E-state index contributed by atoms with van der Waals surface area (Å²) in [6.45, 7) is 7.83. The van der Waals surface area contributed by atoms with Crippen LogP contribution in [0.2, 0.25) is 0 Å². The van der Waals surface area contributed by atoms with Crippen molar-refractivity contribution in [3.8, 4) is 12.1 Å². The second-order valence-corrected chi connectivity index (χ2v) is 11.3. The van der Waals surface area contributed by atoms with Crippen molar-refractivity contribution < 1.29 is 13.9 Å². The number of nitriles is 1. The van der Waals surface area contributed by atoms with Gasteiger partial charge in [-0.3, -0.25) is 14.7 Å². The Bertz CT molecular complexity index is 1540. The average molecular weight is 571 g/mol. The predicted molar refractivity (Wildman–Crippen MR) is 156 cm³/mol. The van der Waals surface area contributed by atoms with Gasteiger partial charge in [0.05, 0.1) is 29.7 Å². The Kier molecular flexibility index (Phi) is 8.00. The van der Waals surface area contributed by atoms with Crippen LogP contribution in [0.15, 0.2) is 48.9 Å². The van der Waals surface area contributed by atoms with E-state index < -0.39 is 17.8 Å². The normalized spacial score (nSPS) is 21.0. The van der Waals surface area contributed by atoms with E-state index in [-0.39, 0.29) is 13.0 Å². The molecule has 6 rings (SSSR count). The molecule has 0 saturated carbocycles. The highest BCUT2D eigenvalue weighted by molar-refractivity contribution is 5.91. The molecule has 10 nitrogen and oxygen atoms in total. The van der Waals surface area contributed by atoms with Crippen LogP contribution in [0.4, 0.5) is 10.2 Å². The van der Waals surface area contributed by atoms with Gasteiger partial charge in [0.1, 0.15) is 12.4 Å². The Morgan fingerprint density at radius 2 is 2.05 bits per heavy atom. The molecule has 3 aromatic rings. The lowest BCUT2D eigenvalue weighted by Crippen LogP contribution is -2.55. The van der Waals surface area contributed by atoms with Crippen molar-refractivity contribution in [3.63, 3.8) is 0 Å². The summed E-state index contributed by atoms with van der Waals surface area (Å²) in [5, 5.41) is 10.6. The number of hydrogen-bond donors (Lipinski definition) is 0. The van der Waals surface area contributed by atoms with Gasteiger partial charge in [0.2, 0.25) is 0 Å². The Labute approximate surface area is 245 Å². The van der Waals surface area contributed by atoms with Gasteiger partial charge in [0.15, 0.2) is 5.83 Å². The lowest BCUT2D eigenvalue weighted by atomic mass is 10.1. The molecule has 5 heterocycles. The fourth-order valence-electron chi connectivity index (χ4n) is 6.37. The van der Waals surface area contributed by atoms with E-state index in [0.717, 1.165) is 53.9 Å². The van der Waals surface area contributed by atoms with Crippen molar-refractivity contribution >= 4 is 22.6 Å². The van der Waals surface area contributed by atoms with Crippen LogP contribution in [0.25, 0.3) is 10.9 Å². The van der Waals surface area contributed by atoms with Gasteiger partial charge in [0.25, 0.3) is 5.91 Å². The van der Waals surface area contributed by atoms with E-state index in [4.69, 9.17) is 14.7 Å². The van der Waals surface area contributed by atoms with Crippen molar-refractivity contribution in [2.45, 2.75) is 51.0 Å². The molecule has 2 saturated heterocycles. The third-order valence-electron chi connectivity index (χ3n) is 8.61. The maximum Gasteiger partial charge on any atom is 0.318 e. The molecule has 3 aliphatic heterocycles. The molecule has 11 heteroatoms. The van der Waals surface area contributed by atoms with E-state index in [1.54, 1.807) is 6.20 Å². The zero-order valence-corrected chi connectivity index (χ0v) is 23.9. The summed E-state index contributed by atoms with van der Waals surface area (Å²) in [7, 11) is 2.11. The van der Waals surface area contributed by atoms with E-state index in [0.29, 0.717) is 44.8 Å². The summed E-state index contributed by atoms with van der Waals surface area (Å²) < 4.78 is 20.0. The number of aromatic nitrogens is 3. The van der Waals surface area contributed by atoms with E-state index in [1.807, 2.05) is 18.2 Å². The number of fused-ring (bicyclic) bond motifs is 2. The molecular weight excluding hydrogens is 535 g/mol. The molecule has 0 aliphatic carbocycles. The molecule has 42 heavy (non-hydrogen) atoms. The minimum atomic E-state index is -1.01. The molecule has 1 amide bonds. The number of halogens is 1. The van der Waals surface area contributed by atoms with Crippen LogP contribution in [0.1, 0.15) is 36.1 Å². The molecule has 0 bridgehead atoms. The first kappa shape index (κ1) is 28.0. The van der Waals surface area contributed by atoms with Gasteiger partial charge >= 0.3 is 6.01 Å². The fraction of sp³-hybridized carbons (Fsp3) is 0.452. The molecule has 2 atom stereocenters. The summed E-state index contributed by atoms with van der Waals surface area (Å²) in [4.78, 5) is 34.9. The first-order valence-corrected chi connectivity index (χ1v) is 14.5. The van der Waals surface area contributed by atoms with Crippen LogP contribution in [-0.2, 0) is 24.4 Å². The van der Waals surface area contributed by atoms with E-state index in [9.17, 15) is 14.4 Å². The third kappa shape index (κ3) is 5.65. The standard InChI is InChI=1S/C31H35FN8O2/c1-21(32)30(41)40-15-14-39(17-23(40)10-11-33)29-26-18-38(16-22-6-3-9-27-25(22)8-4-12-34-27)19-28(26)35-31(36-29)42-20-24-7-5-13-37(24)2/h3-4,6,8-9,12,23-24H,1,5,7,10,13-20H2,2H3/t23-,24-/m0/s1. The molecule has 0 spiro atoms. The van der Waals surface area contributed by atoms with Gasteiger partial charge in [-0.25, -0.2) is 4.39 Å². The number of amides is 1. The number of pyridine rings is 1. The fourth-order valence-corrected chi connectivity index (χ4v) is 6.37. The maximum atomic E-state index is 13.8. The first-order valence-electron chi connectivity index (χ1n) is 14.5. The van der Waals surface area contributed by atoms with Crippen molar-refractivity contribution in [3.05, 3.63) is 65.8 Å². The minimum absolute atomic E-state index is 0.0847. The topological polar surface area (TPSA) is 102 Å². The van der Waals surface area contributed by atoms with E-state index in [1.165, 1.54) is 10.5 Å². The number of piperazine rings is 1. The van der Waals surface area contributed by atoms with Crippen molar-refractivity contribution in [2.24, 2.45) is 0 Å². The number of anilines is 1. The van der Waals surface area contributed by atoms with E-state index >= 15 is 0 Å². The molecule has 0 unspecified atom stereocenters. The monoisotopic (exact) mass is 570 g/mol. The Balaban J connectivity index is 1.28. The van der Waals surface area contributed by atoms with Crippen LogP contribution in [-0.4, -0.2) is 87.5 Å². The van der Waals surface area contributed by atoms with Gasteiger partial charge in [-0.05, 0) is 44.1 Å². The Morgan fingerprint density at radius 3 is 2.83 bits per heavy atom. The van der Waals surface area contributed by atoms with Crippen LogP contribution in [0.5, 0.6) is 6.01 Å². The predicted octanol–water partition coefficient (Wildman–Crippen LogP) is 3.43. The van der Waals surface area contributed by atoms with Crippen LogP contribution < -0.4 is 9.64 Å². The molecule has 3 aliphatic rings. The summed E-state index contributed by atoms with van der Waals surface area (Å²) in [6, 6.07) is 12.6. The third-order valence-corrected chi connectivity index (χ3v) is 8.61. The highest BCUT2D eigenvalue weighted by Crippen LogP contribution is 2.34. The second-order valence-electron chi connectivity index (χ2n) is 11.3. The van der Waals surface area contributed by atoms with E-state index in [2.05, 4.69) is 51.5 Å². The zero-order chi connectivity index (χ0) is 29.2. The van der Waals surface area contributed by atoms with Crippen molar-refractivity contribution in [1.82, 2.24) is 29.7 Å². The molecule has 2 aromatic heterocycles. The summed E-state index contributed by atoms with van der Waals surface area (Å²) >= 11 is 0. The van der Waals surface area contributed by atoms with Gasteiger partial charge in [-0.1, -0.05) is 24.8 Å². The number of likely N-dealkylation sites (N-methyl/N-ethyl adjacent to an activating group) is 1. The molecule has 1 aromatic carbocycles. The van der Waals surface area contributed by atoms with Crippen molar-refractivity contribution in [1.29, 1.82) is 5.26 Å². The molecular formula is C31H35FN8O2. The zero-order valence-electron chi connectivity index (χ0n) is 23.9. The highest BCUT2D eigenvalue weighted by atomic mass is 19.1. The largest absolute Gasteiger partial charge is 0.462 e. The summed E-state index contributed by atoms with van der Waals surface area (Å²) in [6.07, 6.45) is 4.12. The SMILES string of the molecule is C=C(F)C(=O)N1CCN(c2nc(OC[C@@H]3CCCN3C)nc3c2CN(Cc2cccc4ncccc24)C3)C[C@@H]1CC#N. The highest BCUT2D eigenvalue weighted by Gasteiger charge is 2.35. The Morgan fingerprint density at radius 1 is 1.17 bits per heavy atom. The molecule has 218 valence electrons. The molecule has 0 N–H and O–H groups in total. The van der Waals surface area contributed by atoms with Crippen LogP contribution in [0.3, 0.4) is 0 Å². The Hall–Kier alpha value is -4.14. The summed E-state index contributed by atoms with van der Waals surface area (Å²) in [5.74, 6) is -1.02. The van der Waals surface area contributed by atoms with Gasteiger partial charge < -0.3 is 19.4 Å². The second kappa shape index (κ2) is 12.0. The number of carbonyl (C=O) groups is 1. The lowest BCUT2D eigenvalue weighted by molar-refractivity contribution is -0.131. The quantitative estimate of drug-likeness (QED) is 0.377. The number of rotatable bonds is 8. The smallest absolute Gasteiger partial charge is 0.318 e. The number of benzene rings is 1. The van der Waals surface area contributed by atoms with Gasteiger partial charge in [-0.15, -0.1) is 0 Å². The van der Waals surface area contributed by atoms with Crippen LogP contribution in [0, 0.1) is 11.3 Å². The maximum absolute atomic E-state index is 13.8.